The maximum Gasteiger partial charge on any atom is 0.242 e. The van der Waals surface area contributed by atoms with Crippen LogP contribution in [-0.4, -0.2) is 114 Å². The number of aromatic nitrogens is 2. The molecule has 3 heterocycles. The van der Waals surface area contributed by atoms with Crippen molar-refractivity contribution in [2.75, 3.05) is 34.4 Å². The van der Waals surface area contributed by atoms with Gasteiger partial charge in [-0.2, -0.15) is 0 Å². The number of ether oxygens (including phenoxy) is 2. The van der Waals surface area contributed by atoms with E-state index in [2.05, 4.69) is 25.9 Å². The lowest BCUT2D eigenvalue weighted by Gasteiger charge is -2.39. The zero-order chi connectivity index (χ0) is 36.7. The quantitative estimate of drug-likeness (QED) is 0.196. The van der Waals surface area contributed by atoms with Crippen molar-refractivity contribution in [2.45, 2.75) is 109 Å². The first-order chi connectivity index (χ1) is 24.6. The molecule has 4 N–H and O–H groups in total. The molecule has 2 aromatic rings. The molecular weight excluding hydrogens is 650 g/mol. The highest BCUT2D eigenvalue weighted by Crippen LogP contribution is 2.35. The van der Waals surface area contributed by atoms with Crippen LogP contribution in [0.2, 0.25) is 0 Å². The number of likely N-dealkylation sites (tertiary alicyclic amines) is 1. The lowest BCUT2D eigenvalue weighted by molar-refractivity contribution is -0.145. The highest BCUT2D eigenvalue weighted by Gasteiger charge is 2.44. The van der Waals surface area contributed by atoms with Crippen molar-refractivity contribution in [3.63, 3.8) is 0 Å². The van der Waals surface area contributed by atoms with Crippen LogP contribution in [0.15, 0.2) is 36.5 Å². The molecule has 51 heavy (non-hydrogen) atoms. The van der Waals surface area contributed by atoms with E-state index in [9.17, 15) is 19.2 Å². The summed E-state index contributed by atoms with van der Waals surface area (Å²) >= 11 is 0. The Bertz CT molecular complexity index is 1490. The van der Waals surface area contributed by atoms with Gasteiger partial charge in [0.2, 0.25) is 23.6 Å². The maximum absolute atomic E-state index is 14.0. The molecule has 1 saturated carbocycles. The summed E-state index contributed by atoms with van der Waals surface area (Å²) in [7, 11) is 4.88. The van der Waals surface area contributed by atoms with Gasteiger partial charge in [0.15, 0.2) is 0 Å². The number of amides is 4. The molecule has 5 rings (SSSR count). The number of piperidine rings is 1. The number of nitrogens with zero attached hydrogens (tertiary/aromatic N) is 3. The summed E-state index contributed by atoms with van der Waals surface area (Å²) in [6, 6.07) is 9.31. The molecule has 9 atom stereocenters. The van der Waals surface area contributed by atoms with Gasteiger partial charge in [0.05, 0.1) is 61.5 Å². The van der Waals surface area contributed by atoms with Gasteiger partial charge in [-0.3, -0.25) is 19.2 Å². The Morgan fingerprint density at radius 3 is 2.47 bits per heavy atom. The van der Waals surface area contributed by atoms with Gasteiger partial charge in [-0.05, 0) is 43.9 Å². The van der Waals surface area contributed by atoms with Crippen LogP contribution in [0.1, 0.15) is 71.5 Å². The number of benzene rings is 1. The second-order valence-electron chi connectivity index (χ2n) is 14.6. The minimum Gasteiger partial charge on any atom is -0.379 e. The Morgan fingerprint density at radius 2 is 1.82 bits per heavy atom. The molecule has 13 nitrogen and oxygen atoms in total. The van der Waals surface area contributed by atoms with E-state index in [1.54, 1.807) is 26.2 Å². The first kappa shape index (κ1) is 38.4. The van der Waals surface area contributed by atoms with Crippen molar-refractivity contribution >= 4 is 23.6 Å². The van der Waals surface area contributed by atoms with E-state index in [4.69, 9.17) is 9.47 Å². The molecule has 4 amide bonds. The molecule has 2 aliphatic heterocycles. The number of carbonyl (C=O) groups is 4. The predicted molar refractivity (Wildman–Crippen MR) is 193 cm³/mol. The van der Waals surface area contributed by atoms with E-state index in [0.717, 1.165) is 43.4 Å². The van der Waals surface area contributed by atoms with Crippen molar-refractivity contribution in [2.24, 2.45) is 17.8 Å². The second kappa shape index (κ2) is 17.6. The molecule has 0 radical (unpaired) electrons. The van der Waals surface area contributed by atoms with Crippen LogP contribution in [0.25, 0.3) is 11.3 Å². The summed E-state index contributed by atoms with van der Waals surface area (Å²) in [4.78, 5) is 64.9. The normalized spacial score (nSPS) is 24.1. The summed E-state index contributed by atoms with van der Waals surface area (Å²) < 4.78 is 11.9. The average molecular weight is 708 g/mol. The molecule has 1 aromatic carbocycles. The van der Waals surface area contributed by atoms with Gasteiger partial charge < -0.3 is 40.2 Å². The molecule has 3 fully saturated rings. The summed E-state index contributed by atoms with van der Waals surface area (Å²) in [5, 5.41) is 9.22. The third kappa shape index (κ3) is 8.99. The van der Waals surface area contributed by atoms with Gasteiger partial charge in [-0.1, -0.05) is 57.5 Å². The number of aromatic amines is 1. The summed E-state index contributed by atoms with van der Waals surface area (Å²) in [5.41, 5.74) is 1.79. The predicted octanol–water partition coefficient (Wildman–Crippen LogP) is 2.87. The Hall–Kier alpha value is -3.81. The summed E-state index contributed by atoms with van der Waals surface area (Å²) in [5.74, 6) is -0.169. The van der Waals surface area contributed by atoms with Gasteiger partial charge in [0.1, 0.15) is 5.82 Å². The van der Waals surface area contributed by atoms with Gasteiger partial charge in [0, 0.05) is 45.6 Å². The topological polar surface area (TPSA) is 158 Å². The van der Waals surface area contributed by atoms with Gasteiger partial charge in [-0.25, -0.2) is 4.98 Å². The fourth-order valence-corrected chi connectivity index (χ4v) is 8.41. The molecule has 2 bridgehead atoms. The number of fused-ring (bicyclic) bond motifs is 2. The van der Waals surface area contributed by atoms with E-state index in [1.165, 1.54) is 0 Å². The molecule has 3 aliphatic rings. The van der Waals surface area contributed by atoms with Crippen LogP contribution >= 0.6 is 0 Å². The van der Waals surface area contributed by atoms with Crippen molar-refractivity contribution in [3.05, 3.63) is 42.4 Å². The Labute approximate surface area is 302 Å². The van der Waals surface area contributed by atoms with Crippen molar-refractivity contribution in [3.8, 4) is 11.3 Å². The van der Waals surface area contributed by atoms with Crippen LogP contribution < -0.4 is 16.0 Å². The number of likely N-dealkylation sites (N-methyl/N-ethyl adjacent to an activating group) is 1. The number of H-pyrrole nitrogens is 1. The number of hydrogen-bond acceptors (Lipinski definition) is 8. The SMILES string of the molecule is CCC(C)C(C(CC(=O)N1CCCC1C(OC)C(C)C(=O)NCc1nc(-c2ccccc2)c[nH]1)OC)N(C)C(=O)CNC(=O)C1NC2CC[C@H]1C2. The molecule has 8 unspecified atom stereocenters. The van der Waals surface area contributed by atoms with Crippen LogP contribution in [0, 0.1) is 17.8 Å². The zero-order valence-corrected chi connectivity index (χ0v) is 31.0. The van der Waals surface area contributed by atoms with Crippen LogP contribution in [0.5, 0.6) is 0 Å². The fraction of sp³-hybridized carbons (Fsp3) is 0.658. The van der Waals surface area contributed by atoms with Crippen LogP contribution in [-0.2, 0) is 35.2 Å². The van der Waals surface area contributed by atoms with Crippen molar-refractivity contribution in [1.29, 1.82) is 0 Å². The molecule has 280 valence electrons. The van der Waals surface area contributed by atoms with Gasteiger partial charge in [0.25, 0.3) is 0 Å². The molecule has 0 spiro atoms. The molecule has 1 aliphatic carbocycles. The zero-order valence-electron chi connectivity index (χ0n) is 31.0. The van der Waals surface area contributed by atoms with Crippen LogP contribution in [0.3, 0.4) is 0 Å². The number of hydrogen-bond donors (Lipinski definition) is 4. The molecule has 1 aromatic heterocycles. The minimum absolute atomic E-state index is 0.0300. The monoisotopic (exact) mass is 707 g/mol. The number of rotatable bonds is 17. The van der Waals surface area contributed by atoms with E-state index < -0.39 is 18.1 Å². The third-order valence-corrected chi connectivity index (χ3v) is 11.5. The number of carbonyl (C=O) groups excluding carboxylic acids is 4. The smallest absolute Gasteiger partial charge is 0.242 e. The molecule has 2 saturated heterocycles. The van der Waals surface area contributed by atoms with E-state index in [1.807, 2.05) is 62.2 Å². The largest absolute Gasteiger partial charge is 0.379 e. The Balaban J connectivity index is 1.17. The number of nitrogens with one attached hydrogen (secondary N) is 4. The summed E-state index contributed by atoms with van der Waals surface area (Å²) in [6.07, 6.45) is 6.24. The van der Waals surface area contributed by atoms with Crippen molar-refractivity contribution in [1.82, 2.24) is 35.7 Å². The maximum atomic E-state index is 14.0. The first-order valence-electron chi connectivity index (χ1n) is 18.6. The van der Waals surface area contributed by atoms with E-state index in [-0.39, 0.29) is 67.2 Å². The lowest BCUT2D eigenvalue weighted by atomic mass is 9.90. The van der Waals surface area contributed by atoms with E-state index in [0.29, 0.717) is 30.7 Å². The number of methoxy groups -OCH3 is 2. The average Bonchev–Trinajstić information content (AvgIpc) is 3.99. The molecular formula is C38H57N7O6. The highest BCUT2D eigenvalue weighted by atomic mass is 16.5. The van der Waals surface area contributed by atoms with Crippen LogP contribution in [0.4, 0.5) is 0 Å². The molecule has 13 heteroatoms. The summed E-state index contributed by atoms with van der Waals surface area (Å²) in [6.45, 7) is 6.60. The van der Waals surface area contributed by atoms with Crippen molar-refractivity contribution < 1.29 is 28.7 Å². The Morgan fingerprint density at radius 1 is 1.06 bits per heavy atom. The first-order valence-corrected chi connectivity index (χ1v) is 18.6. The van der Waals surface area contributed by atoms with E-state index >= 15 is 0 Å². The standard InChI is InChI=1S/C38H57N7O6/c1-7-23(2)35(44(4)33(47)22-41-38(49)34-26-15-16-27(18-26)42-34)30(50-5)19-32(46)45-17-11-14-29(45)36(51-6)24(3)37(48)40-21-31-39-20-28(43-31)25-12-9-8-10-13-25/h8-10,12-13,20,23-24,26-27,29-30,34-36,42H,7,11,14-19,21-22H2,1-6H3,(H,39,43)(H,40,48)(H,41,49)/t23?,24?,26-,27?,29?,30?,34?,35?,36?/m0/s1. The second-order valence-corrected chi connectivity index (χ2v) is 14.6. The van der Waals surface area contributed by atoms with Gasteiger partial charge in [-0.15, -0.1) is 0 Å². The fourth-order valence-electron chi connectivity index (χ4n) is 8.41. The minimum atomic E-state index is -0.568. The lowest BCUT2D eigenvalue weighted by Crippen LogP contribution is -2.55. The highest BCUT2D eigenvalue weighted by molar-refractivity contribution is 5.88. The number of imidazole rings is 1. The van der Waals surface area contributed by atoms with Gasteiger partial charge >= 0.3 is 0 Å². The Kier molecular flexibility index (Phi) is 13.3. The third-order valence-electron chi connectivity index (χ3n) is 11.5.